The lowest BCUT2D eigenvalue weighted by atomic mass is 10.1. The number of aryl methyl sites for hydroxylation is 1. The second kappa shape index (κ2) is 8.98. The molecule has 25 heavy (non-hydrogen) atoms. The molecule has 0 aliphatic carbocycles. The Morgan fingerprint density at radius 3 is 2.60 bits per heavy atom. The highest BCUT2D eigenvalue weighted by molar-refractivity contribution is 7.08. The third-order valence-electron chi connectivity index (χ3n) is 3.57. The third-order valence-corrected chi connectivity index (χ3v) is 4.25. The molecular formula is C18H20N2O4S. The van der Waals surface area contributed by atoms with Crippen LogP contribution >= 0.6 is 11.3 Å². The molecule has 0 atom stereocenters. The Morgan fingerprint density at radius 2 is 1.96 bits per heavy atom. The number of methoxy groups -OCH3 is 1. The highest BCUT2D eigenvalue weighted by Crippen LogP contribution is 2.17. The number of carbonyl (C=O) groups is 3. The van der Waals surface area contributed by atoms with E-state index in [9.17, 15) is 14.4 Å². The Bertz CT molecular complexity index is 756. The number of thiophene rings is 1. The van der Waals surface area contributed by atoms with Crippen LogP contribution in [-0.2, 0) is 9.53 Å². The fourth-order valence-corrected chi connectivity index (χ4v) is 2.84. The van der Waals surface area contributed by atoms with Crippen molar-refractivity contribution in [3.05, 3.63) is 51.7 Å². The molecule has 7 heteroatoms. The van der Waals surface area contributed by atoms with E-state index in [1.165, 1.54) is 18.4 Å². The molecule has 0 aliphatic heterocycles. The van der Waals surface area contributed by atoms with Crippen molar-refractivity contribution in [2.24, 2.45) is 0 Å². The topological polar surface area (TPSA) is 84.5 Å². The summed E-state index contributed by atoms with van der Waals surface area (Å²) in [5.41, 5.74) is 2.51. The predicted octanol–water partition coefficient (Wildman–Crippen LogP) is 2.99. The van der Waals surface area contributed by atoms with Crippen molar-refractivity contribution in [3.63, 3.8) is 0 Å². The van der Waals surface area contributed by atoms with Gasteiger partial charge in [0, 0.05) is 29.6 Å². The summed E-state index contributed by atoms with van der Waals surface area (Å²) in [5.74, 6) is -0.683. The first-order valence-electron chi connectivity index (χ1n) is 7.80. The Hall–Kier alpha value is -2.67. The maximum absolute atomic E-state index is 12.0. The molecule has 0 saturated carbocycles. The second-order valence-electron chi connectivity index (χ2n) is 5.44. The normalized spacial score (nSPS) is 10.2. The van der Waals surface area contributed by atoms with Crippen molar-refractivity contribution < 1.29 is 19.1 Å². The standard InChI is InChI=1S/C18H20N2O4S/c1-12-10-13(18(23)24-2)5-6-15(12)20-16(21)4-3-8-19-17(22)14-7-9-25-11-14/h5-7,9-11H,3-4,8H2,1-2H3,(H,19,22)(H,20,21). The average molecular weight is 360 g/mol. The lowest BCUT2D eigenvalue weighted by Gasteiger charge is -2.10. The van der Waals surface area contributed by atoms with Gasteiger partial charge >= 0.3 is 5.97 Å². The first-order chi connectivity index (χ1) is 12.0. The van der Waals surface area contributed by atoms with E-state index in [2.05, 4.69) is 15.4 Å². The Balaban J connectivity index is 1.76. The van der Waals surface area contributed by atoms with Crippen LogP contribution < -0.4 is 10.6 Å². The Kier molecular flexibility index (Phi) is 6.71. The van der Waals surface area contributed by atoms with Gasteiger partial charge in [-0.05, 0) is 48.6 Å². The zero-order chi connectivity index (χ0) is 18.2. The highest BCUT2D eigenvalue weighted by Gasteiger charge is 2.10. The van der Waals surface area contributed by atoms with Gasteiger partial charge in [0.1, 0.15) is 0 Å². The van der Waals surface area contributed by atoms with Gasteiger partial charge in [-0.1, -0.05) is 0 Å². The number of hydrogen-bond donors (Lipinski definition) is 2. The van der Waals surface area contributed by atoms with E-state index in [0.717, 1.165) is 5.56 Å². The molecule has 2 aromatic rings. The molecule has 0 radical (unpaired) electrons. The summed E-state index contributed by atoms with van der Waals surface area (Å²) in [4.78, 5) is 35.2. The van der Waals surface area contributed by atoms with E-state index in [1.54, 1.807) is 29.6 Å². The third kappa shape index (κ3) is 5.42. The number of amides is 2. The molecule has 0 saturated heterocycles. The van der Waals surface area contributed by atoms with Gasteiger partial charge in [0.15, 0.2) is 0 Å². The zero-order valence-electron chi connectivity index (χ0n) is 14.1. The number of esters is 1. The van der Waals surface area contributed by atoms with Crippen LogP contribution in [0.25, 0.3) is 0 Å². The van der Waals surface area contributed by atoms with Gasteiger partial charge < -0.3 is 15.4 Å². The molecule has 2 rings (SSSR count). The van der Waals surface area contributed by atoms with Crippen LogP contribution in [0.5, 0.6) is 0 Å². The fourth-order valence-electron chi connectivity index (χ4n) is 2.21. The van der Waals surface area contributed by atoms with Crippen molar-refractivity contribution >= 4 is 34.8 Å². The Labute approximate surface area is 150 Å². The molecule has 2 N–H and O–H groups in total. The maximum Gasteiger partial charge on any atom is 0.337 e. The predicted molar refractivity (Wildman–Crippen MR) is 97.0 cm³/mol. The largest absolute Gasteiger partial charge is 0.465 e. The summed E-state index contributed by atoms with van der Waals surface area (Å²) in [6, 6.07) is 6.71. The smallest absolute Gasteiger partial charge is 0.337 e. The summed E-state index contributed by atoms with van der Waals surface area (Å²) in [5, 5.41) is 9.21. The molecule has 2 amide bonds. The first kappa shape index (κ1) is 18.7. The summed E-state index contributed by atoms with van der Waals surface area (Å²) in [7, 11) is 1.32. The summed E-state index contributed by atoms with van der Waals surface area (Å²) < 4.78 is 4.66. The molecule has 0 fully saturated rings. The van der Waals surface area contributed by atoms with E-state index >= 15 is 0 Å². The second-order valence-corrected chi connectivity index (χ2v) is 6.22. The van der Waals surface area contributed by atoms with Gasteiger partial charge in [-0.25, -0.2) is 4.79 Å². The fraction of sp³-hybridized carbons (Fsp3) is 0.278. The van der Waals surface area contributed by atoms with Crippen LogP contribution in [0.15, 0.2) is 35.0 Å². The number of hydrogen-bond acceptors (Lipinski definition) is 5. The van der Waals surface area contributed by atoms with Crippen LogP contribution in [0.3, 0.4) is 0 Å². The van der Waals surface area contributed by atoms with Gasteiger partial charge in [-0.3, -0.25) is 9.59 Å². The van der Waals surface area contributed by atoms with Crippen LogP contribution in [0.4, 0.5) is 5.69 Å². The minimum atomic E-state index is -0.414. The maximum atomic E-state index is 12.0. The van der Waals surface area contributed by atoms with Gasteiger partial charge in [0.25, 0.3) is 5.91 Å². The number of carbonyl (C=O) groups excluding carboxylic acids is 3. The molecule has 132 valence electrons. The first-order valence-corrected chi connectivity index (χ1v) is 8.74. The molecule has 0 unspecified atom stereocenters. The molecule has 1 aromatic heterocycles. The number of benzene rings is 1. The lowest BCUT2D eigenvalue weighted by molar-refractivity contribution is -0.116. The minimum Gasteiger partial charge on any atom is -0.465 e. The van der Waals surface area contributed by atoms with Crippen molar-refractivity contribution in [2.75, 3.05) is 19.0 Å². The summed E-state index contributed by atoms with van der Waals surface area (Å²) in [6.07, 6.45) is 0.836. The van der Waals surface area contributed by atoms with E-state index in [4.69, 9.17) is 0 Å². The van der Waals surface area contributed by atoms with Crippen molar-refractivity contribution in [2.45, 2.75) is 19.8 Å². The molecule has 6 nitrogen and oxygen atoms in total. The number of rotatable bonds is 7. The quantitative estimate of drug-likeness (QED) is 0.587. The number of anilines is 1. The van der Waals surface area contributed by atoms with Crippen LogP contribution in [-0.4, -0.2) is 31.4 Å². The van der Waals surface area contributed by atoms with Gasteiger partial charge in [0.2, 0.25) is 5.91 Å². The monoisotopic (exact) mass is 360 g/mol. The molecular weight excluding hydrogens is 340 g/mol. The molecule has 1 heterocycles. The molecule has 0 aliphatic rings. The van der Waals surface area contributed by atoms with Gasteiger partial charge in [-0.15, -0.1) is 0 Å². The summed E-state index contributed by atoms with van der Waals surface area (Å²) in [6.45, 7) is 2.24. The van der Waals surface area contributed by atoms with Crippen molar-refractivity contribution in [3.8, 4) is 0 Å². The van der Waals surface area contributed by atoms with E-state index in [1.807, 2.05) is 12.3 Å². The average Bonchev–Trinajstić information content (AvgIpc) is 3.14. The highest BCUT2D eigenvalue weighted by atomic mass is 32.1. The van der Waals surface area contributed by atoms with Crippen molar-refractivity contribution in [1.29, 1.82) is 0 Å². The minimum absolute atomic E-state index is 0.129. The molecule has 1 aromatic carbocycles. The van der Waals surface area contributed by atoms with E-state index in [-0.39, 0.29) is 11.8 Å². The van der Waals surface area contributed by atoms with Crippen molar-refractivity contribution in [1.82, 2.24) is 5.32 Å². The zero-order valence-corrected chi connectivity index (χ0v) is 14.9. The van der Waals surface area contributed by atoms with Crippen LogP contribution in [0, 0.1) is 6.92 Å². The SMILES string of the molecule is COC(=O)c1ccc(NC(=O)CCCNC(=O)c2ccsc2)c(C)c1. The van der Waals surface area contributed by atoms with Gasteiger partial charge in [0.05, 0.1) is 12.7 Å². The summed E-state index contributed by atoms with van der Waals surface area (Å²) >= 11 is 1.46. The molecule has 0 bridgehead atoms. The van der Waals surface area contributed by atoms with E-state index < -0.39 is 5.97 Å². The number of nitrogens with one attached hydrogen (secondary N) is 2. The van der Waals surface area contributed by atoms with E-state index in [0.29, 0.717) is 36.2 Å². The van der Waals surface area contributed by atoms with Gasteiger partial charge in [-0.2, -0.15) is 11.3 Å². The molecule has 0 spiro atoms. The Morgan fingerprint density at radius 1 is 1.16 bits per heavy atom. The van der Waals surface area contributed by atoms with Crippen LogP contribution in [0.2, 0.25) is 0 Å². The lowest BCUT2D eigenvalue weighted by Crippen LogP contribution is -2.25. The van der Waals surface area contributed by atoms with Crippen LogP contribution in [0.1, 0.15) is 39.1 Å². The number of ether oxygens (including phenoxy) is 1.